The van der Waals surface area contributed by atoms with E-state index in [1.54, 1.807) is 0 Å². The molecule has 0 aromatic rings. The van der Waals surface area contributed by atoms with Gasteiger partial charge in [0.1, 0.15) is 0 Å². The minimum atomic E-state index is -0.0817. The fourth-order valence-electron chi connectivity index (χ4n) is 3.16. The average molecular weight is 338 g/mol. The molecule has 0 spiro atoms. The zero-order valence-electron chi connectivity index (χ0n) is 16.0. The van der Waals surface area contributed by atoms with Crippen LogP contribution in [0.5, 0.6) is 0 Å². The summed E-state index contributed by atoms with van der Waals surface area (Å²) < 4.78 is 0. The Kier molecular flexibility index (Phi) is 6.12. The number of carbonyl (C=O) groups excluding carboxylic acids is 2. The van der Waals surface area contributed by atoms with Crippen molar-refractivity contribution in [1.29, 1.82) is 0 Å². The highest BCUT2D eigenvalue weighted by Gasteiger charge is 2.31. The molecule has 0 aromatic heterocycles. The molecule has 0 saturated carbocycles. The Bertz CT molecular complexity index is 446. The van der Waals surface area contributed by atoms with Crippen LogP contribution in [0.1, 0.15) is 47.5 Å². The molecule has 2 atom stereocenters. The number of urea groups is 1. The second-order valence-corrected chi connectivity index (χ2v) is 8.27. The maximum absolute atomic E-state index is 12.5. The summed E-state index contributed by atoms with van der Waals surface area (Å²) >= 11 is 0. The first kappa shape index (κ1) is 19.0. The van der Waals surface area contributed by atoms with Crippen molar-refractivity contribution in [2.75, 3.05) is 39.3 Å². The predicted octanol–water partition coefficient (Wildman–Crippen LogP) is 1.76. The minimum absolute atomic E-state index is 0.00981. The van der Waals surface area contributed by atoms with Crippen molar-refractivity contribution < 1.29 is 9.59 Å². The summed E-state index contributed by atoms with van der Waals surface area (Å²) in [6.07, 6.45) is 2.25. The van der Waals surface area contributed by atoms with Gasteiger partial charge in [0.15, 0.2) is 0 Å². The van der Waals surface area contributed by atoms with Crippen LogP contribution >= 0.6 is 0 Å². The van der Waals surface area contributed by atoms with Crippen LogP contribution in [0.25, 0.3) is 0 Å². The maximum atomic E-state index is 12.5. The second-order valence-electron chi connectivity index (χ2n) is 8.27. The van der Waals surface area contributed by atoms with Gasteiger partial charge in [-0.05, 0) is 32.1 Å². The van der Waals surface area contributed by atoms with Crippen LogP contribution in [0.3, 0.4) is 0 Å². The monoisotopic (exact) mass is 338 g/mol. The van der Waals surface area contributed by atoms with Gasteiger partial charge in [-0.3, -0.25) is 9.69 Å². The van der Waals surface area contributed by atoms with Crippen LogP contribution in [-0.2, 0) is 4.79 Å². The number of nitrogens with zero attached hydrogens (tertiary/aromatic N) is 3. The number of likely N-dealkylation sites (tertiary alicyclic amines) is 1. The Labute approximate surface area is 146 Å². The number of carbonyl (C=O) groups is 2. The molecule has 2 heterocycles. The summed E-state index contributed by atoms with van der Waals surface area (Å²) in [6.45, 7) is 15.1. The number of piperazine rings is 1. The van der Waals surface area contributed by atoms with E-state index in [0.717, 1.165) is 39.0 Å². The van der Waals surface area contributed by atoms with Gasteiger partial charge in [0.2, 0.25) is 5.91 Å². The van der Waals surface area contributed by atoms with Crippen molar-refractivity contribution in [2.24, 2.45) is 5.41 Å². The van der Waals surface area contributed by atoms with Crippen molar-refractivity contribution in [3.8, 4) is 0 Å². The molecular formula is C18H34N4O2. The van der Waals surface area contributed by atoms with Crippen LogP contribution in [0.4, 0.5) is 4.79 Å². The third kappa shape index (κ3) is 4.62. The number of hydrogen-bond acceptors (Lipinski definition) is 3. The lowest BCUT2D eigenvalue weighted by Gasteiger charge is -2.39. The van der Waals surface area contributed by atoms with Crippen LogP contribution in [0.15, 0.2) is 0 Å². The summed E-state index contributed by atoms with van der Waals surface area (Å²) in [5, 5.41) is 3.09. The second kappa shape index (κ2) is 7.72. The van der Waals surface area contributed by atoms with Crippen molar-refractivity contribution >= 4 is 11.9 Å². The lowest BCUT2D eigenvalue weighted by atomic mass is 9.88. The van der Waals surface area contributed by atoms with Crippen molar-refractivity contribution in [2.45, 2.75) is 59.5 Å². The summed E-state index contributed by atoms with van der Waals surface area (Å²) in [6, 6.07) is 0.0519. The summed E-state index contributed by atoms with van der Waals surface area (Å²) in [7, 11) is 0. The Morgan fingerprint density at radius 2 is 1.42 bits per heavy atom. The van der Waals surface area contributed by atoms with E-state index >= 15 is 0 Å². The van der Waals surface area contributed by atoms with Crippen LogP contribution in [0, 0.1) is 5.41 Å². The van der Waals surface area contributed by atoms with Gasteiger partial charge in [-0.25, -0.2) is 4.79 Å². The van der Waals surface area contributed by atoms with Gasteiger partial charge < -0.3 is 15.1 Å². The van der Waals surface area contributed by atoms with Crippen LogP contribution in [0.2, 0.25) is 0 Å². The van der Waals surface area contributed by atoms with E-state index in [0.29, 0.717) is 13.1 Å². The first-order chi connectivity index (χ1) is 11.2. The molecule has 1 N–H and O–H groups in total. The van der Waals surface area contributed by atoms with Crippen LogP contribution < -0.4 is 5.32 Å². The number of amides is 3. The highest BCUT2D eigenvalue weighted by atomic mass is 16.2. The van der Waals surface area contributed by atoms with Gasteiger partial charge in [-0.1, -0.05) is 20.8 Å². The van der Waals surface area contributed by atoms with Gasteiger partial charge in [0.05, 0.1) is 6.04 Å². The van der Waals surface area contributed by atoms with Gasteiger partial charge in [-0.15, -0.1) is 0 Å². The first-order valence-electron chi connectivity index (χ1n) is 9.28. The van der Waals surface area contributed by atoms with Gasteiger partial charge in [0, 0.05) is 45.3 Å². The van der Waals surface area contributed by atoms with Crippen molar-refractivity contribution in [3.63, 3.8) is 0 Å². The number of rotatable bonds is 3. The standard InChI is InChI=1S/C18H34N4O2/c1-14(16(23)21-8-6-7-9-21)20-10-12-22(13-11-20)17(24)19-15(2)18(3,4)5/h14-15H,6-13H2,1-5H3,(H,19,24)/t14-,15+/m1/s1. The zero-order chi connectivity index (χ0) is 17.9. The SMILES string of the molecule is C[C@H](C(=O)N1CCCC1)N1CCN(C(=O)N[C@@H](C)C(C)(C)C)CC1. The molecule has 24 heavy (non-hydrogen) atoms. The summed E-state index contributed by atoms with van der Waals surface area (Å²) in [5.74, 6) is 0.242. The molecule has 2 aliphatic heterocycles. The van der Waals surface area contributed by atoms with E-state index in [1.165, 1.54) is 0 Å². The number of hydrogen-bond donors (Lipinski definition) is 1. The molecule has 2 rings (SSSR count). The van der Waals surface area contributed by atoms with Gasteiger partial charge in [-0.2, -0.15) is 0 Å². The third-order valence-corrected chi connectivity index (χ3v) is 5.56. The molecule has 138 valence electrons. The van der Waals surface area contributed by atoms with E-state index in [1.807, 2.05) is 23.6 Å². The topological polar surface area (TPSA) is 55.9 Å². The van der Waals surface area contributed by atoms with E-state index in [2.05, 4.69) is 31.0 Å². The number of nitrogens with one attached hydrogen (secondary N) is 1. The minimum Gasteiger partial charge on any atom is -0.341 e. The molecule has 3 amide bonds. The summed E-state index contributed by atoms with van der Waals surface area (Å²) in [4.78, 5) is 31.0. The van der Waals surface area contributed by atoms with E-state index in [4.69, 9.17) is 0 Å². The Morgan fingerprint density at radius 3 is 1.92 bits per heavy atom. The van der Waals surface area contributed by atoms with Crippen LogP contribution in [-0.4, -0.2) is 78.0 Å². The van der Waals surface area contributed by atoms with Crippen molar-refractivity contribution in [1.82, 2.24) is 20.0 Å². The van der Waals surface area contributed by atoms with E-state index in [9.17, 15) is 9.59 Å². The Morgan fingerprint density at radius 1 is 0.875 bits per heavy atom. The molecule has 2 saturated heterocycles. The zero-order valence-corrected chi connectivity index (χ0v) is 16.0. The molecule has 2 aliphatic rings. The predicted molar refractivity (Wildman–Crippen MR) is 95.9 cm³/mol. The molecule has 0 aliphatic carbocycles. The maximum Gasteiger partial charge on any atom is 0.317 e. The third-order valence-electron chi connectivity index (χ3n) is 5.56. The quantitative estimate of drug-likeness (QED) is 0.853. The molecule has 0 bridgehead atoms. The fourth-order valence-corrected chi connectivity index (χ4v) is 3.16. The fraction of sp³-hybridized carbons (Fsp3) is 0.889. The lowest BCUT2D eigenvalue weighted by Crippen LogP contribution is -2.58. The van der Waals surface area contributed by atoms with Gasteiger partial charge in [0.25, 0.3) is 0 Å². The molecule has 0 aromatic carbocycles. The normalized spacial score (nSPS) is 22.4. The summed E-state index contributed by atoms with van der Waals surface area (Å²) in [5.41, 5.74) is 0.0497. The highest BCUT2D eigenvalue weighted by molar-refractivity contribution is 5.81. The Hall–Kier alpha value is -1.30. The molecule has 6 heteroatoms. The molecule has 0 radical (unpaired) electrons. The molecule has 0 unspecified atom stereocenters. The lowest BCUT2D eigenvalue weighted by molar-refractivity contribution is -0.135. The first-order valence-corrected chi connectivity index (χ1v) is 9.28. The van der Waals surface area contributed by atoms with E-state index < -0.39 is 0 Å². The molecular weight excluding hydrogens is 304 g/mol. The highest BCUT2D eigenvalue weighted by Crippen LogP contribution is 2.19. The largest absolute Gasteiger partial charge is 0.341 e. The Balaban J connectivity index is 1.80. The van der Waals surface area contributed by atoms with Crippen molar-refractivity contribution in [3.05, 3.63) is 0 Å². The molecule has 6 nitrogen and oxygen atoms in total. The smallest absolute Gasteiger partial charge is 0.317 e. The van der Waals surface area contributed by atoms with Gasteiger partial charge >= 0.3 is 6.03 Å². The molecule has 2 fully saturated rings. The average Bonchev–Trinajstić information content (AvgIpc) is 3.07. The van der Waals surface area contributed by atoms with E-state index in [-0.39, 0.29) is 29.4 Å².